The predicted molar refractivity (Wildman–Crippen MR) is 105 cm³/mol. The summed E-state index contributed by atoms with van der Waals surface area (Å²) in [6, 6.07) is 14.3. The third-order valence-electron chi connectivity index (χ3n) is 4.27. The number of amides is 1. The number of unbranched alkanes of at least 4 members (excludes halogenated alkanes) is 3. The molecular formula is C21H23N3O3. The molecule has 0 aliphatic carbocycles. The van der Waals surface area contributed by atoms with Crippen molar-refractivity contribution in [2.75, 3.05) is 6.61 Å². The molecule has 3 aromatic rings. The lowest BCUT2D eigenvalue weighted by Crippen LogP contribution is -2.03. The third-order valence-corrected chi connectivity index (χ3v) is 4.27. The molecule has 0 saturated heterocycles. The summed E-state index contributed by atoms with van der Waals surface area (Å²) in [7, 11) is 0. The number of nitrogens with zero attached hydrogens (tertiary/aromatic N) is 2. The van der Waals surface area contributed by atoms with E-state index in [0.717, 1.165) is 24.8 Å². The summed E-state index contributed by atoms with van der Waals surface area (Å²) in [5.74, 6) is -0.127. The maximum absolute atomic E-state index is 12.5. The fraction of sp³-hybridized carbons (Fsp3) is 0.286. The molecule has 6 heteroatoms. The number of carbonyl (C=O) groups excluding carboxylic acids is 1. The summed E-state index contributed by atoms with van der Waals surface area (Å²) in [4.78, 5) is 15.3. The Kier molecular flexibility index (Phi) is 6.20. The van der Waals surface area contributed by atoms with Crippen LogP contribution < -0.4 is 4.74 Å². The van der Waals surface area contributed by atoms with Crippen molar-refractivity contribution in [1.82, 2.24) is 4.98 Å². The Morgan fingerprint density at radius 3 is 2.70 bits per heavy atom. The first kappa shape index (κ1) is 18.6. The number of aromatic nitrogens is 1. The Labute approximate surface area is 157 Å². The maximum Gasteiger partial charge on any atom is 0.299 e. The number of ether oxygens (including phenoxy) is 1. The molecular weight excluding hydrogens is 342 g/mol. The topological polar surface area (TPSA) is 87.0 Å². The minimum Gasteiger partial charge on any atom is -0.493 e. The second kappa shape index (κ2) is 8.98. The molecule has 1 amide bonds. The number of nitrogens with one attached hydrogen (secondary N) is 1. The molecule has 2 aromatic carbocycles. The highest BCUT2D eigenvalue weighted by Crippen LogP contribution is 2.35. The Morgan fingerprint density at radius 2 is 1.85 bits per heavy atom. The number of rotatable bonds is 8. The number of hydrogen-bond acceptors (Lipinski definition) is 4. The van der Waals surface area contributed by atoms with Gasteiger partial charge >= 0.3 is 0 Å². The lowest BCUT2D eigenvalue weighted by atomic mass is 10.2. The minimum absolute atomic E-state index is 0.117. The molecule has 0 spiro atoms. The van der Waals surface area contributed by atoms with Crippen LogP contribution in [0.1, 0.15) is 43.0 Å². The van der Waals surface area contributed by atoms with E-state index in [2.05, 4.69) is 22.1 Å². The highest BCUT2D eigenvalue weighted by Gasteiger charge is 2.14. The first-order valence-corrected chi connectivity index (χ1v) is 9.18. The van der Waals surface area contributed by atoms with E-state index in [9.17, 15) is 9.90 Å². The lowest BCUT2D eigenvalue weighted by molar-refractivity contribution is 0.0991. The molecule has 2 N–H and O–H groups in total. The van der Waals surface area contributed by atoms with Crippen molar-refractivity contribution in [3.63, 3.8) is 0 Å². The van der Waals surface area contributed by atoms with Crippen molar-refractivity contribution in [3.05, 3.63) is 54.1 Å². The van der Waals surface area contributed by atoms with Crippen molar-refractivity contribution >= 4 is 22.5 Å². The van der Waals surface area contributed by atoms with E-state index in [-0.39, 0.29) is 11.6 Å². The van der Waals surface area contributed by atoms with Gasteiger partial charge in [0.25, 0.3) is 5.91 Å². The molecule has 0 unspecified atom stereocenters. The van der Waals surface area contributed by atoms with Gasteiger partial charge in [0, 0.05) is 5.39 Å². The molecule has 1 heterocycles. The Hall–Kier alpha value is -3.15. The van der Waals surface area contributed by atoms with E-state index >= 15 is 0 Å². The van der Waals surface area contributed by atoms with Gasteiger partial charge < -0.3 is 14.8 Å². The van der Waals surface area contributed by atoms with Gasteiger partial charge in [0.2, 0.25) is 5.88 Å². The minimum atomic E-state index is -0.510. The van der Waals surface area contributed by atoms with Gasteiger partial charge in [-0.15, -0.1) is 10.2 Å². The van der Waals surface area contributed by atoms with Gasteiger partial charge in [-0.2, -0.15) is 0 Å². The molecule has 3 rings (SSSR count). The predicted octanol–water partition coefficient (Wildman–Crippen LogP) is 5.76. The molecule has 27 heavy (non-hydrogen) atoms. The lowest BCUT2D eigenvalue weighted by Gasteiger charge is -2.08. The van der Waals surface area contributed by atoms with Crippen LogP contribution >= 0.6 is 0 Å². The number of aromatic hydroxyl groups is 1. The third kappa shape index (κ3) is 4.53. The SMILES string of the molecule is CCCCCCOc1ccccc1C(=O)N=Nc1c(O)[nH]c2ccccc12. The van der Waals surface area contributed by atoms with E-state index in [1.54, 1.807) is 24.3 Å². The van der Waals surface area contributed by atoms with Crippen LogP contribution in [0.15, 0.2) is 58.8 Å². The first-order valence-electron chi connectivity index (χ1n) is 9.18. The molecule has 0 saturated carbocycles. The standard InChI is InChI=1S/C21H23N3O3/c1-2-3-4-9-14-27-18-13-8-6-11-16(18)20(25)24-23-19-15-10-5-7-12-17(15)22-21(19)26/h5-8,10-13,22,26H,2-4,9,14H2,1H3. The zero-order valence-electron chi connectivity index (χ0n) is 15.3. The number of azo groups is 1. The Morgan fingerprint density at radius 1 is 1.07 bits per heavy atom. The van der Waals surface area contributed by atoms with Gasteiger partial charge in [-0.05, 0) is 24.6 Å². The van der Waals surface area contributed by atoms with Gasteiger partial charge in [0.05, 0.1) is 17.7 Å². The summed E-state index contributed by atoms with van der Waals surface area (Å²) >= 11 is 0. The van der Waals surface area contributed by atoms with E-state index in [1.807, 2.05) is 24.3 Å². The highest BCUT2D eigenvalue weighted by atomic mass is 16.5. The van der Waals surface area contributed by atoms with Crippen molar-refractivity contribution in [1.29, 1.82) is 0 Å². The average Bonchev–Trinajstić information content (AvgIpc) is 3.01. The molecule has 1 aromatic heterocycles. The molecule has 0 atom stereocenters. The fourth-order valence-corrected chi connectivity index (χ4v) is 2.84. The zero-order valence-corrected chi connectivity index (χ0v) is 15.3. The Bertz CT molecular complexity index is 947. The molecule has 0 bridgehead atoms. The van der Waals surface area contributed by atoms with Crippen molar-refractivity contribution in [2.24, 2.45) is 10.2 Å². The van der Waals surface area contributed by atoms with Crippen LogP contribution in [-0.4, -0.2) is 22.6 Å². The molecule has 0 radical (unpaired) electrons. The number of benzene rings is 2. The van der Waals surface area contributed by atoms with Gasteiger partial charge in [-0.25, -0.2) is 0 Å². The van der Waals surface area contributed by atoms with E-state index < -0.39 is 5.91 Å². The van der Waals surface area contributed by atoms with E-state index in [4.69, 9.17) is 4.74 Å². The van der Waals surface area contributed by atoms with Crippen LogP contribution in [0.25, 0.3) is 10.9 Å². The normalized spacial score (nSPS) is 11.3. The monoisotopic (exact) mass is 365 g/mol. The maximum atomic E-state index is 12.5. The van der Waals surface area contributed by atoms with Crippen LogP contribution in [0.5, 0.6) is 11.6 Å². The van der Waals surface area contributed by atoms with E-state index in [1.165, 1.54) is 6.42 Å². The van der Waals surface area contributed by atoms with Crippen molar-refractivity contribution in [2.45, 2.75) is 32.6 Å². The molecule has 0 aliphatic rings. The molecule has 0 fully saturated rings. The number of para-hydroxylation sites is 2. The number of carbonyl (C=O) groups is 1. The summed E-state index contributed by atoms with van der Waals surface area (Å²) in [5, 5.41) is 18.5. The number of fused-ring (bicyclic) bond motifs is 1. The average molecular weight is 365 g/mol. The summed E-state index contributed by atoms with van der Waals surface area (Å²) in [6.07, 6.45) is 4.38. The summed E-state index contributed by atoms with van der Waals surface area (Å²) < 4.78 is 5.76. The largest absolute Gasteiger partial charge is 0.493 e. The van der Waals surface area contributed by atoms with Crippen molar-refractivity contribution in [3.8, 4) is 11.6 Å². The van der Waals surface area contributed by atoms with Gasteiger partial charge in [0.1, 0.15) is 5.75 Å². The van der Waals surface area contributed by atoms with Crippen LogP contribution in [0.4, 0.5) is 5.69 Å². The number of hydrogen-bond donors (Lipinski definition) is 2. The van der Waals surface area contributed by atoms with Crippen LogP contribution in [0.2, 0.25) is 0 Å². The van der Waals surface area contributed by atoms with Gasteiger partial charge in [-0.1, -0.05) is 56.5 Å². The van der Waals surface area contributed by atoms with Crippen LogP contribution in [0, 0.1) is 0 Å². The van der Waals surface area contributed by atoms with Gasteiger partial charge in [-0.3, -0.25) is 4.79 Å². The molecule has 140 valence electrons. The van der Waals surface area contributed by atoms with Crippen LogP contribution in [0.3, 0.4) is 0 Å². The molecule has 6 nitrogen and oxygen atoms in total. The second-order valence-corrected chi connectivity index (χ2v) is 6.28. The van der Waals surface area contributed by atoms with E-state index in [0.29, 0.717) is 23.3 Å². The highest BCUT2D eigenvalue weighted by molar-refractivity contribution is 5.98. The fourth-order valence-electron chi connectivity index (χ4n) is 2.84. The zero-order chi connectivity index (χ0) is 19.1. The second-order valence-electron chi connectivity index (χ2n) is 6.28. The van der Waals surface area contributed by atoms with Gasteiger partial charge in [0.15, 0.2) is 5.69 Å². The summed E-state index contributed by atoms with van der Waals surface area (Å²) in [5.41, 5.74) is 1.33. The quantitative estimate of drug-likeness (QED) is 0.393. The summed E-state index contributed by atoms with van der Waals surface area (Å²) in [6.45, 7) is 2.72. The smallest absolute Gasteiger partial charge is 0.299 e. The Balaban J connectivity index is 1.74. The number of H-pyrrole nitrogens is 1. The molecule has 0 aliphatic heterocycles. The first-order chi connectivity index (χ1) is 13.2. The number of aromatic amines is 1. The van der Waals surface area contributed by atoms with Crippen molar-refractivity contribution < 1.29 is 14.6 Å². The van der Waals surface area contributed by atoms with Crippen LogP contribution in [-0.2, 0) is 0 Å².